The van der Waals surface area contributed by atoms with Gasteiger partial charge in [0, 0.05) is 88.0 Å². The maximum Gasteiger partial charge on any atom is 0.271 e. The Hall–Kier alpha value is -5.70. The van der Waals surface area contributed by atoms with Crippen LogP contribution in [0.25, 0.3) is 16.6 Å². The fraction of sp³-hybridized carbons (Fsp3) is 0.476. The number of anilines is 3. The molecule has 2 saturated carbocycles. The molecule has 3 N–H and O–H groups in total. The van der Waals surface area contributed by atoms with Crippen molar-refractivity contribution in [1.29, 1.82) is 0 Å². The van der Waals surface area contributed by atoms with E-state index >= 15 is 0 Å². The summed E-state index contributed by atoms with van der Waals surface area (Å²) < 4.78 is 9.81. The zero-order valence-electron chi connectivity index (χ0n) is 33.6. The highest BCUT2D eigenvalue weighted by Crippen LogP contribution is 2.32. The molecule has 57 heavy (non-hydrogen) atoms. The first-order valence-electron chi connectivity index (χ1n) is 20.1. The lowest BCUT2D eigenvalue weighted by molar-refractivity contribution is -0.120. The number of hydrogen-bond acceptors (Lipinski definition) is 9. The predicted molar refractivity (Wildman–Crippen MR) is 223 cm³/mol. The van der Waals surface area contributed by atoms with Gasteiger partial charge in [0.05, 0.1) is 29.4 Å². The summed E-state index contributed by atoms with van der Waals surface area (Å²) in [5.41, 5.74) is 2.97. The van der Waals surface area contributed by atoms with E-state index < -0.39 is 0 Å². The van der Waals surface area contributed by atoms with Gasteiger partial charge in [0.1, 0.15) is 22.9 Å². The monoisotopic (exact) mass is 780 g/mol. The van der Waals surface area contributed by atoms with Crippen LogP contribution in [0.5, 0.6) is 5.75 Å². The van der Waals surface area contributed by atoms with E-state index in [2.05, 4.69) is 37.4 Å². The Balaban J connectivity index is 0.000000181. The van der Waals surface area contributed by atoms with Crippen LogP contribution in [0.15, 0.2) is 66.0 Å². The minimum absolute atomic E-state index is 0.0976. The van der Waals surface area contributed by atoms with Crippen molar-refractivity contribution in [2.75, 3.05) is 61.9 Å². The second-order valence-electron chi connectivity index (χ2n) is 15.1. The molecular formula is C42H56N10O5. The van der Waals surface area contributed by atoms with Crippen molar-refractivity contribution in [2.45, 2.75) is 83.8 Å². The molecule has 1 saturated heterocycles. The number of benzene rings is 1. The minimum atomic E-state index is -0.385. The highest BCUT2D eigenvalue weighted by molar-refractivity contribution is 6.08. The van der Waals surface area contributed by atoms with E-state index in [0.29, 0.717) is 29.7 Å². The number of H-pyrrole nitrogens is 1. The Morgan fingerprint density at radius 3 is 2.44 bits per heavy atom. The quantitative estimate of drug-likeness (QED) is 0.144. The van der Waals surface area contributed by atoms with E-state index in [0.717, 1.165) is 67.7 Å². The molecule has 0 spiro atoms. The topological polar surface area (TPSA) is 162 Å². The van der Waals surface area contributed by atoms with Crippen molar-refractivity contribution in [3.8, 4) is 5.75 Å². The number of piperazine rings is 1. The van der Waals surface area contributed by atoms with E-state index in [-0.39, 0.29) is 35.6 Å². The number of ether oxygens (including phenoxy) is 1. The fourth-order valence-corrected chi connectivity index (χ4v) is 6.84. The lowest BCUT2D eigenvalue weighted by Gasteiger charge is -2.34. The van der Waals surface area contributed by atoms with Crippen molar-refractivity contribution in [3.05, 3.63) is 77.1 Å². The third kappa shape index (κ3) is 11.0. The molecule has 3 fully saturated rings. The van der Waals surface area contributed by atoms with Crippen LogP contribution in [0.4, 0.5) is 17.2 Å². The van der Waals surface area contributed by atoms with Gasteiger partial charge in [0.25, 0.3) is 11.5 Å². The number of rotatable bonds is 11. The van der Waals surface area contributed by atoms with Gasteiger partial charge in [-0.1, -0.05) is 38.5 Å². The van der Waals surface area contributed by atoms with Crippen LogP contribution < -0.4 is 30.7 Å². The van der Waals surface area contributed by atoms with Crippen LogP contribution in [0.1, 0.15) is 88.0 Å². The second-order valence-corrected chi connectivity index (χ2v) is 15.1. The van der Waals surface area contributed by atoms with Crippen molar-refractivity contribution in [2.24, 2.45) is 0 Å². The van der Waals surface area contributed by atoms with Crippen LogP contribution in [0, 0.1) is 0 Å². The van der Waals surface area contributed by atoms with Crippen molar-refractivity contribution >= 4 is 52.0 Å². The number of carbonyl (C=O) groups excluding carboxylic acids is 3. The first-order valence-corrected chi connectivity index (χ1v) is 20.1. The lowest BCUT2D eigenvalue weighted by Crippen LogP contribution is -2.44. The standard InChI is InChI=1S/C22H26N4O3.C17H24N6O2.C3H6/c1-14(2)29-20-12-19-15(13-26(25-19)16-7-4-3-5-8-16)11-17(20)21(27)24-18-9-6-10-23-22(18)28;1-18-16(25)4-5-22(13-24)17-12-19-15-11-14(3-6-23(15)17)21-9-7-20(2)8-10-21;1-2-3-1/h6,9-14,16H,3-5,7-8H2,1-2H3,(H,23,28)(H,24,27);3,6,11-13H,4-5,7-10H2,1-2H3,(H,18,25);1-3H2. The summed E-state index contributed by atoms with van der Waals surface area (Å²) in [4.78, 5) is 60.9. The van der Waals surface area contributed by atoms with Gasteiger partial charge >= 0.3 is 0 Å². The van der Waals surface area contributed by atoms with Gasteiger partial charge < -0.3 is 30.2 Å². The molecule has 3 amide bonds. The van der Waals surface area contributed by atoms with Gasteiger partial charge in [-0.2, -0.15) is 5.10 Å². The van der Waals surface area contributed by atoms with Gasteiger partial charge in [0.15, 0.2) is 0 Å². The van der Waals surface area contributed by atoms with Crippen molar-refractivity contribution in [1.82, 2.24) is 34.4 Å². The zero-order valence-corrected chi connectivity index (χ0v) is 33.6. The highest BCUT2D eigenvalue weighted by Gasteiger charge is 2.21. The van der Waals surface area contributed by atoms with Gasteiger partial charge in [0.2, 0.25) is 12.3 Å². The Labute approximate surface area is 333 Å². The van der Waals surface area contributed by atoms with E-state index in [4.69, 9.17) is 9.84 Å². The maximum absolute atomic E-state index is 12.9. The molecule has 1 aromatic carbocycles. The third-order valence-electron chi connectivity index (χ3n) is 10.2. The number of amides is 3. The molecule has 0 unspecified atom stereocenters. The molecule has 8 rings (SSSR count). The molecule has 0 bridgehead atoms. The number of fused-ring (bicyclic) bond motifs is 2. The van der Waals surface area contributed by atoms with Gasteiger partial charge in [-0.05, 0) is 58.0 Å². The first-order chi connectivity index (χ1) is 27.6. The molecule has 304 valence electrons. The number of carbonyl (C=O) groups is 3. The summed E-state index contributed by atoms with van der Waals surface area (Å²) in [6.45, 7) is 8.21. The van der Waals surface area contributed by atoms with Crippen molar-refractivity contribution < 1.29 is 19.1 Å². The number of likely N-dealkylation sites (N-methyl/N-ethyl adjacent to an activating group) is 1. The average molecular weight is 781 g/mol. The molecule has 2 aliphatic carbocycles. The number of hydrogen-bond donors (Lipinski definition) is 3. The van der Waals surface area contributed by atoms with E-state index in [9.17, 15) is 19.2 Å². The van der Waals surface area contributed by atoms with E-state index in [1.165, 1.54) is 49.6 Å². The highest BCUT2D eigenvalue weighted by atomic mass is 16.5. The molecule has 0 atom stereocenters. The average Bonchev–Trinajstić information content (AvgIpc) is 3.96. The van der Waals surface area contributed by atoms with Gasteiger partial charge in [-0.25, -0.2) is 4.98 Å². The molecule has 15 nitrogen and oxygen atoms in total. The molecule has 1 aliphatic heterocycles. The SMILES string of the molecule is C1CC1.CC(C)Oc1cc2nn(C3CCCCC3)cc2cc1C(=O)Nc1ccc[nH]c1=O.CNC(=O)CCN(C=O)c1cnc2cc(N3CCN(C)CC3)ccn12. The van der Waals surface area contributed by atoms with Crippen LogP contribution >= 0.6 is 0 Å². The Morgan fingerprint density at radius 1 is 1.04 bits per heavy atom. The van der Waals surface area contributed by atoms with Crippen LogP contribution in [-0.2, 0) is 9.59 Å². The maximum atomic E-state index is 12.9. The number of nitrogens with zero attached hydrogens (tertiary/aromatic N) is 7. The summed E-state index contributed by atoms with van der Waals surface area (Å²) in [5, 5.41) is 10.9. The largest absolute Gasteiger partial charge is 0.490 e. The molecule has 4 aromatic heterocycles. The Bertz CT molecular complexity index is 2170. The summed E-state index contributed by atoms with van der Waals surface area (Å²) in [6.07, 6.45) is 18.5. The lowest BCUT2D eigenvalue weighted by atomic mass is 9.96. The summed E-state index contributed by atoms with van der Waals surface area (Å²) in [7, 11) is 3.72. The predicted octanol–water partition coefficient (Wildman–Crippen LogP) is 5.62. The van der Waals surface area contributed by atoms with Crippen LogP contribution in [-0.4, -0.2) is 100 Å². The van der Waals surface area contributed by atoms with E-state index in [1.54, 1.807) is 31.4 Å². The summed E-state index contributed by atoms with van der Waals surface area (Å²) in [6, 6.07) is 11.3. The van der Waals surface area contributed by atoms with Gasteiger partial charge in [-0.3, -0.25) is 33.2 Å². The number of aromatic amines is 1. The van der Waals surface area contributed by atoms with Crippen LogP contribution in [0.3, 0.4) is 0 Å². The first kappa shape index (κ1) is 40.9. The second kappa shape index (κ2) is 19.4. The number of imidazole rings is 1. The molecule has 15 heteroatoms. The number of aromatic nitrogens is 5. The molecule has 5 heterocycles. The Morgan fingerprint density at radius 2 is 1.77 bits per heavy atom. The fourth-order valence-electron chi connectivity index (χ4n) is 6.84. The van der Waals surface area contributed by atoms with E-state index in [1.807, 2.05) is 53.5 Å². The summed E-state index contributed by atoms with van der Waals surface area (Å²) >= 11 is 0. The van der Waals surface area contributed by atoms with Gasteiger partial charge in [-0.15, -0.1) is 0 Å². The number of nitrogens with one attached hydrogen (secondary N) is 3. The molecule has 0 radical (unpaired) electrons. The molecular weight excluding hydrogens is 725 g/mol. The molecule has 3 aliphatic rings. The normalized spacial score (nSPS) is 15.6. The molecule has 5 aromatic rings. The smallest absolute Gasteiger partial charge is 0.271 e. The number of pyridine rings is 2. The Kier molecular flexibility index (Phi) is 14.0. The minimum Gasteiger partial charge on any atom is -0.490 e. The van der Waals surface area contributed by atoms with Crippen molar-refractivity contribution in [3.63, 3.8) is 0 Å². The zero-order chi connectivity index (χ0) is 40.3. The van der Waals surface area contributed by atoms with Crippen LogP contribution in [0.2, 0.25) is 0 Å². The summed E-state index contributed by atoms with van der Waals surface area (Å²) in [5.74, 6) is 0.646. The third-order valence-corrected chi connectivity index (χ3v) is 10.2.